The average Bonchev–Trinajstić information content (AvgIpc) is 2.90. The summed E-state index contributed by atoms with van der Waals surface area (Å²) in [7, 11) is 0. The second kappa shape index (κ2) is 5.06. The molecule has 1 unspecified atom stereocenters. The maximum absolute atomic E-state index is 11.9. The smallest absolute Gasteiger partial charge is 0.405 e. The molecule has 1 aromatic heterocycles. The minimum absolute atomic E-state index is 0.206. The number of carboxylic acid groups (broad SMARTS) is 1. The zero-order valence-electron chi connectivity index (χ0n) is 9.42. The van der Waals surface area contributed by atoms with Crippen molar-refractivity contribution in [2.24, 2.45) is 0 Å². The average molecular weight is 265 g/mol. The largest absolute Gasteiger partial charge is 0.465 e. The van der Waals surface area contributed by atoms with Gasteiger partial charge in [0.1, 0.15) is 17.0 Å². The van der Waals surface area contributed by atoms with Crippen molar-refractivity contribution in [1.82, 2.24) is 10.2 Å². The van der Waals surface area contributed by atoms with Gasteiger partial charge in [-0.2, -0.15) is 5.26 Å². The molecule has 0 spiro atoms. The molecule has 0 radical (unpaired) electrons. The summed E-state index contributed by atoms with van der Waals surface area (Å²) in [5, 5.41) is 21.3. The van der Waals surface area contributed by atoms with Crippen LogP contribution in [0.5, 0.6) is 0 Å². The third kappa shape index (κ3) is 2.60. The molecule has 0 saturated carbocycles. The topological polar surface area (TPSA) is 93.4 Å². The summed E-state index contributed by atoms with van der Waals surface area (Å²) in [6.45, 7) is 0.955. The Balaban J connectivity index is 1.97. The number of carbonyl (C=O) groups is 2. The Hall–Kier alpha value is -2.07. The van der Waals surface area contributed by atoms with Gasteiger partial charge in [0.05, 0.1) is 0 Å². The van der Waals surface area contributed by atoms with E-state index in [1.54, 1.807) is 11.0 Å². The number of nitrogens with one attached hydrogen (secondary N) is 1. The Bertz CT molecular complexity index is 520. The van der Waals surface area contributed by atoms with Gasteiger partial charge in [0.2, 0.25) is 5.91 Å². The molecule has 6 nitrogen and oxygen atoms in total. The molecule has 1 fully saturated rings. The van der Waals surface area contributed by atoms with Gasteiger partial charge >= 0.3 is 6.09 Å². The Labute approximate surface area is 107 Å². The quantitative estimate of drug-likeness (QED) is 0.852. The third-order valence-electron chi connectivity index (χ3n) is 2.73. The molecule has 2 N–H and O–H groups in total. The maximum Gasteiger partial charge on any atom is 0.405 e. The van der Waals surface area contributed by atoms with E-state index in [9.17, 15) is 9.59 Å². The monoisotopic (exact) mass is 265 g/mol. The van der Waals surface area contributed by atoms with Gasteiger partial charge < -0.3 is 15.3 Å². The van der Waals surface area contributed by atoms with Crippen LogP contribution in [0.3, 0.4) is 0 Å². The molecule has 0 aromatic carbocycles. The fourth-order valence-electron chi connectivity index (χ4n) is 1.92. The number of carbonyl (C=O) groups excluding carboxylic acids is 1. The van der Waals surface area contributed by atoms with Gasteiger partial charge in [-0.25, -0.2) is 4.79 Å². The predicted octanol–water partition coefficient (Wildman–Crippen LogP) is 0.988. The van der Waals surface area contributed by atoms with E-state index in [0.717, 1.165) is 5.56 Å². The highest BCUT2D eigenvalue weighted by Crippen LogP contribution is 2.19. The first-order valence-corrected chi connectivity index (χ1v) is 6.24. The normalized spacial score (nSPS) is 18.7. The second-order valence-corrected chi connectivity index (χ2v) is 4.89. The van der Waals surface area contributed by atoms with E-state index in [0.29, 0.717) is 24.4 Å². The summed E-state index contributed by atoms with van der Waals surface area (Å²) in [4.78, 5) is 24.6. The summed E-state index contributed by atoms with van der Waals surface area (Å²) < 4.78 is 0. The number of nitriles is 1. The van der Waals surface area contributed by atoms with Crippen molar-refractivity contribution in [3.63, 3.8) is 0 Å². The summed E-state index contributed by atoms with van der Waals surface area (Å²) in [6.07, 6.45) is -0.696. The van der Waals surface area contributed by atoms with Crippen molar-refractivity contribution >= 4 is 23.3 Å². The van der Waals surface area contributed by atoms with E-state index in [4.69, 9.17) is 10.4 Å². The number of rotatable bonds is 3. The molecule has 0 aliphatic carbocycles. The summed E-state index contributed by atoms with van der Waals surface area (Å²) >= 11 is 1.34. The van der Waals surface area contributed by atoms with Crippen LogP contribution in [0.2, 0.25) is 0 Å². The molecule has 1 saturated heterocycles. The van der Waals surface area contributed by atoms with Gasteiger partial charge in [0.15, 0.2) is 0 Å². The van der Waals surface area contributed by atoms with Crippen molar-refractivity contribution in [2.75, 3.05) is 6.54 Å². The molecule has 18 heavy (non-hydrogen) atoms. The van der Waals surface area contributed by atoms with Gasteiger partial charge in [0.25, 0.3) is 0 Å². The van der Waals surface area contributed by atoms with Crippen LogP contribution in [0.25, 0.3) is 0 Å². The summed E-state index contributed by atoms with van der Waals surface area (Å²) in [6, 6.07) is 3.15. The molecule has 1 aliphatic heterocycles. The van der Waals surface area contributed by atoms with E-state index < -0.39 is 12.1 Å². The zero-order chi connectivity index (χ0) is 13.1. The lowest BCUT2D eigenvalue weighted by atomic mass is 10.2. The van der Waals surface area contributed by atoms with Crippen LogP contribution in [0, 0.1) is 11.3 Å². The number of nitrogens with zero attached hydrogens (tertiary/aromatic N) is 2. The molecular formula is C11H11N3O3S. The fourth-order valence-corrected chi connectivity index (χ4v) is 2.61. The number of hydrogen-bond acceptors (Lipinski definition) is 4. The van der Waals surface area contributed by atoms with Crippen molar-refractivity contribution < 1.29 is 14.7 Å². The third-order valence-corrected chi connectivity index (χ3v) is 3.62. The molecule has 1 aliphatic rings. The van der Waals surface area contributed by atoms with Crippen LogP contribution < -0.4 is 5.32 Å². The van der Waals surface area contributed by atoms with Gasteiger partial charge in [-0.15, -0.1) is 11.3 Å². The van der Waals surface area contributed by atoms with Crippen molar-refractivity contribution in [2.45, 2.75) is 19.0 Å². The van der Waals surface area contributed by atoms with E-state index in [1.807, 2.05) is 11.4 Å². The lowest BCUT2D eigenvalue weighted by molar-refractivity contribution is -0.129. The van der Waals surface area contributed by atoms with Gasteiger partial charge in [-0.05, 0) is 23.4 Å². The number of thiophene rings is 1. The molecule has 7 heteroatoms. The molecule has 1 atom stereocenters. The lowest BCUT2D eigenvalue weighted by Gasteiger charge is -2.15. The predicted molar refractivity (Wildman–Crippen MR) is 64.0 cm³/mol. The zero-order valence-corrected chi connectivity index (χ0v) is 10.2. The van der Waals surface area contributed by atoms with Crippen molar-refractivity contribution in [3.05, 3.63) is 21.9 Å². The highest BCUT2D eigenvalue weighted by Gasteiger charge is 2.32. The van der Waals surface area contributed by atoms with E-state index >= 15 is 0 Å². The maximum atomic E-state index is 11.9. The van der Waals surface area contributed by atoms with E-state index in [1.165, 1.54) is 11.3 Å². The molecule has 0 bridgehead atoms. The number of amides is 2. The van der Waals surface area contributed by atoms with Crippen LogP contribution in [0.15, 0.2) is 11.4 Å². The Kier molecular flexibility index (Phi) is 3.48. The highest BCUT2D eigenvalue weighted by atomic mass is 32.1. The Morgan fingerprint density at radius 3 is 3.11 bits per heavy atom. The van der Waals surface area contributed by atoms with Crippen LogP contribution in [-0.2, 0) is 11.3 Å². The molecule has 1 aromatic rings. The summed E-state index contributed by atoms with van der Waals surface area (Å²) in [5.41, 5.74) is 0.904. The van der Waals surface area contributed by atoms with E-state index in [2.05, 4.69) is 5.32 Å². The SMILES string of the molecule is N#Cc1cc(CN2CCC(NC(=O)O)C2=O)cs1. The van der Waals surface area contributed by atoms with Crippen molar-refractivity contribution in [1.29, 1.82) is 5.26 Å². The van der Waals surface area contributed by atoms with Crippen LogP contribution in [-0.4, -0.2) is 34.6 Å². The minimum atomic E-state index is -1.18. The molecule has 2 amide bonds. The number of likely N-dealkylation sites (tertiary alicyclic amines) is 1. The van der Waals surface area contributed by atoms with Crippen molar-refractivity contribution in [3.8, 4) is 6.07 Å². The highest BCUT2D eigenvalue weighted by molar-refractivity contribution is 7.10. The van der Waals surface area contributed by atoms with Gasteiger partial charge in [-0.1, -0.05) is 0 Å². The second-order valence-electron chi connectivity index (χ2n) is 3.98. The first-order valence-electron chi connectivity index (χ1n) is 5.36. The number of hydrogen-bond donors (Lipinski definition) is 2. The van der Waals surface area contributed by atoms with Crippen LogP contribution >= 0.6 is 11.3 Å². The van der Waals surface area contributed by atoms with Gasteiger partial charge in [0, 0.05) is 13.1 Å². The molecule has 94 valence electrons. The molecule has 2 rings (SSSR count). The molecule has 2 heterocycles. The Morgan fingerprint density at radius 2 is 2.50 bits per heavy atom. The molecular weight excluding hydrogens is 254 g/mol. The fraction of sp³-hybridized carbons (Fsp3) is 0.364. The lowest BCUT2D eigenvalue weighted by Crippen LogP contribution is -2.40. The van der Waals surface area contributed by atoms with Gasteiger partial charge in [-0.3, -0.25) is 4.79 Å². The van der Waals surface area contributed by atoms with E-state index in [-0.39, 0.29) is 5.91 Å². The minimum Gasteiger partial charge on any atom is -0.465 e. The Morgan fingerprint density at radius 1 is 1.72 bits per heavy atom. The van der Waals surface area contributed by atoms with Crippen LogP contribution in [0.4, 0.5) is 4.79 Å². The summed E-state index contributed by atoms with van der Waals surface area (Å²) in [5.74, 6) is -0.206. The van der Waals surface area contributed by atoms with Crippen LogP contribution in [0.1, 0.15) is 16.9 Å². The first kappa shape index (κ1) is 12.4. The standard InChI is InChI=1S/C11H11N3O3S/c12-4-8-3-7(6-18-8)5-14-2-1-9(10(14)15)13-11(16)17/h3,6,9,13H,1-2,5H2,(H,16,17). The first-order chi connectivity index (χ1) is 8.60.